The molecule has 0 amide bonds. The van der Waals surface area contributed by atoms with Crippen LogP contribution in [0.25, 0.3) is 0 Å². The van der Waals surface area contributed by atoms with Crippen LogP contribution in [0.5, 0.6) is 5.75 Å². The summed E-state index contributed by atoms with van der Waals surface area (Å²) in [7, 11) is 0. The summed E-state index contributed by atoms with van der Waals surface area (Å²) in [6.07, 6.45) is -2.06. The smallest absolute Gasteiger partial charge is 0.459 e. The molecule has 0 N–H and O–H groups in total. The molecule has 0 aliphatic rings. The molecule has 1 aromatic rings. The molecule has 0 aliphatic heterocycles. The summed E-state index contributed by atoms with van der Waals surface area (Å²) in [6, 6.07) is 6.22. The summed E-state index contributed by atoms with van der Waals surface area (Å²) in [4.78, 5) is 11.0. The number of halogens is 2. The standard InChI is InChI=1S/C13H14F2O3/c1-3-7-10-8-5-6-9-11(10)18-13(14,15)12(16)17-4-2/h3,5-6,8-9H,1,4,7H2,2H3. The van der Waals surface area contributed by atoms with Gasteiger partial charge in [-0.05, 0) is 25.0 Å². The number of carbonyl (C=O) groups is 1. The molecule has 1 aromatic carbocycles. The second-order valence-electron chi connectivity index (χ2n) is 3.44. The largest absolute Gasteiger partial charge is 0.502 e. The first-order chi connectivity index (χ1) is 8.51. The number of para-hydroxylation sites is 1. The van der Waals surface area contributed by atoms with Crippen LogP contribution in [0.3, 0.4) is 0 Å². The van der Waals surface area contributed by atoms with Crippen LogP contribution in [0.1, 0.15) is 12.5 Å². The van der Waals surface area contributed by atoms with Crippen LogP contribution in [0.2, 0.25) is 0 Å². The number of allylic oxidation sites excluding steroid dienone is 1. The SMILES string of the molecule is C=CCc1ccccc1OC(F)(F)C(=O)OCC. The van der Waals surface area contributed by atoms with Gasteiger partial charge in [0, 0.05) is 0 Å². The number of esters is 1. The fourth-order valence-electron chi connectivity index (χ4n) is 1.32. The van der Waals surface area contributed by atoms with Gasteiger partial charge >= 0.3 is 12.1 Å². The highest BCUT2D eigenvalue weighted by molar-refractivity contribution is 5.76. The Labute approximate surface area is 104 Å². The number of ether oxygens (including phenoxy) is 2. The van der Waals surface area contributed by atoms with E-state index in [1.165, 1.54) is 13.0 Å². The zero-order valence-electron chi connectivity index (χ0n) is 9.99. The first-order valence-electron chi connectivity index (χ1n) is 5.44. The first-order valence-corrected chi connectivity index (χ1v) is 5.44. The van der Waals surface area contributed by atoms with E-state index in [0.717, 1.165) is 0 Å². The van der Waals surface area contributed by atoms with E-state index in [9.17, 15) is 13.6 Å². The molecule has 0 heterocycles. The van der Waals surface area contributed by atoms with Crippen LogP contribution in [-0.2, 0) is 16.0 Å². The lowest BCUT2D eigenvalue weighted by atomic mass is 10.1. The maximum atomic E-state index is 13.4. The molecular formula is C13H14F2O3. The molecule has 0 fully saturated rings. The van der Waals surface area contributed by atoms with Crippen molar-refractivity contribution in [3.05, 3.63) is 42.5 Å². The maximum Gasteiger partial charge on any atom is 0.502 e. The molecule has 3 nitrogen and oxygen atoms in total. The molecule has 0 saturated carbocycles. The van der Waals surface area contributed by atoms with E-state index in [4.69, 9.17) is 0 Å². The molecule has 0 atom stereocenters. The van der Waals surface area contributed by atoms with E-state index in [2.05, 4.69) is 16.1 Å². The zero-order valence-corrected chi connectivity index (χ0v) is 9.99. The number of alkyl halides is 2. The van der Waals surface area contributed by atoms with Gasteiger partial charge in [-0.3, -0.25) is 0 Å². The fraction of sp³-hybridized carbons (Fsp3) is 0.308. The molecule has 0 bridgehead atoms. The molecule has 0 unspecified atom stereocenters. The Balaban J connectivity index is 2.89. The Hall–Kier alpha value is -1.91. The third-order valence-electron chi connectivity index (χ3n) is 2.09. The van der Waals surface area contributed by atoms with E-state index in [1.54, 1.807) is 24.3 Å². The Bertz CT molecular complexity index is 430. The number of hydrogen-bond acceptors (Lipinski definition) is 3. The molecule has 0 saturated heterocycles. The topological polar surface area (TPSA) is 35.5 Å². The van der Waals surface area contributed by atoms with Crippen molar-refractivity contribution in [3.8, 4) is 5.75 Å². The summed E-state index contributed by atoms with van der Waals surface area (Å²) in [5.41, 5.74) is 0.525. The summed E-state index contributed by atoms with van der Waals surface area (Å²) >= 11 is 0. The van der Waals surface area contributed by atoms with Gasteiger partial charge < -0.3 is 9.47 Å². The minimum atomic E-state index is -3.99. The van der Waals surface area contributed by atoms with Crippen LogP contribution in [0.15, 0.2) is 36.9 Å². The van der Waals surface area contributed by atoms with Gasteiger partial charge in [-0.2, -0.15) is 8.78 Å². The van der Waals surface area contributed by atoms with E-state index in [0.29, 0.717) is 12.0 Å². The van der Waals surface area contributed by atoms with Gasteiger partial charge in [0.25, 0.3) is 0 Å². The maximum absolute atomic E-state index is 13.4. The Morgan fingerprint density at radius 1 is 1.44 bits per heavy atom. The van der Waals surface area contributed by atoms with Crippen molar-refractivity contribution in [1.82, 2.24) is 0 Å². The van der Waals surface area contributed by atoms with Crippen LogP contribution in [-0.4, -0.2) is 18.7 Å². The monoisotopic (exact) mass is 256 g/mol. The molecule has 18 heavy (non-hydrogen) atoms. The molecule has 5 heteroatoms. The first kappa shape index (κ1) is 14.2. The van der Waals surface area contributed by atoms with Crippen molar-refractivity contribution >= 4 is 5.97 Å². The second-order valence-corrected chi connectivity index (χ2v) is 3.44. The molecular weight excluding hydrogens is 242 g/mol. The van der Waals surface area contributed by atoms with Crippen molar-refractivity contribution in [1.29, 1.82) is 0 Å². The summed E-state index contributed by atoms with van der Waals surface area (Å²) < 4.78 is 35.5. The lowest BCUT2D eigenvalue weighted by Crippen LogP contribution is -2.37. The minimum absolute atomic E-state index is 0.0598. The van der Waals surface area contributed by atoms with Gasteiger partial charge in [0.15, 0.2) is 0 Å². The minimum Gasteiger partial charge on any atom is -0.459 e. The predicted molar refractivity (Wildman–Crippen MR) is 62.6 cm³/mol. The highest BCUT2D eigenvalue weighted by Gasteiger charge is 2.44. The van der Waals surface area contributed by atoms with E-state index < -0.39 is 12.1 Å². The van der Waals surface area contributed by atoms with Crippen LogP contribution in [0.4, 0.5) is 8.78 Å². The third-order valence-corrected chi connectivity index (χ3v) is 2.09. The molecule has 0 spiro atoms. The Morgan fingerprint density at radius 2 is 2.11 bits per heavy atom. The highest BCUT2D eigenvalue weighted by atomic mass is 19.3. The van der Waals surface area contributed by atoms with Crippen molar-refractivity contribution < 1.29 is 23.0 Å². The van der Waals surface area contributed by atoms with Crippen molar-refractivity contribution in [2.75, 3.05) is 6.61 Å². The van der Waals surface area contributed by atoms with Gasteiger partial charge in [0.1, 0.15) is 5.75 Å². The number of rotatable bonds is 6. The average molecular weight is 256 g/mol. The molecule has 0 radical (unpaired) electrons. The summed E-state index contributed by atoms with van der Waals surface area (Å²) in [6.45, 7) is 4.83. The lowest BCUT2D eigenvalue weighted by Gasteiger charge is -2.17. The van der Waals surface area contributed by atoms with Gasteiger partial charge in [-0.1, -0.05) is 24.3 Å². The summed E-state index contributed by atoms with van der Waals surface area (Å²) in [5, 5.41) is 0. The van der Waals surface area contributed by atoms with E-state index >= 15 is 0 Å². The van der Waals surface area contributed by atoms with Gasteiger partial charge in [0.2, 0.25) is 0 Å². The number of carbonyl (C=O) groups excluding carboxylic acids is 1. The highest BCUT2D eigenvalue weighted by Crippen LogP contribution is 2.26. The van der Waals surface area contributed by atoms with Gasteiger partial charge in [0.05, 0.1) is 6.61 Å². The number of hydrogen-bond donors (Lipinski definition) is 0. The molecule has 0 aliphatic carbocycles. The Kier molecular flexibility index (Phi) is 4.83. The van der Waals surface area contributed by atoms with Crippen LogP contribution < -0.4 is 4.74 Å². The van der Waals surface area contributed by atoms with Crippen LogP contribution >= 0.6 is 0 Å². The van der Waals surface area contributed by atoms with Crippen LogP contribution in [0, 0.1) is 0 Å². The normalized spacial score (nSPS) is 10.8. The summed E-state index contributed by atoms with van der Waals surface area (Å²) in [5.74, 6) is -1.76. The lowest BCUT2D eigenvalue weighted by molar-refractivity contribution is -0.216. The average Bonchev–Trinajstić information content (AvgIpc) is 2.32. The molecule has 98 valence electrons. The second kappa shape index (κ2) is 6.14. The molecule has 0 aromatic heterocycles. The van der Waals surface area contributed by atoms with Crippen molar-refractivity contribution in [2.45, 2.75) is 19.5 Å². The fourth-order valence-corrected chi connectivity index (χ4v) is 1.32. The quantitative estimate of drug-likeness (QED) is 0.580. The predicted octanol–water partition coefficient (Wildman–Crippen LogP) is 2.95. The van der Waals surface area contributed by atoms with E-state index in [-0.39, 0.29) is 12.4 Å². The third kappa shape index (κ3) is 3.55. The van der Waals surface area contributed by atoms with E-state index in [1.807, 2.05) is 0 Å². The van der Waals surface area contributed by atoms with Crippen molar-refractivity contribution in [3.63, 3.8) is 0 Å². The van der Waals surface area contributed by atoms with Gasteiger partial charge in [-0.15, -0.1) is 6.58 Å². The van der Waals surface area contributed by atoms with Gasteiger partial charge in [-0.25, -0.2) is 4.79 Å². The zero-order chi connectivity index (χ0) is 13.6. The Morgan fingerprint density at radius 3 is 2.72 bits per heavy atom. The number of benzene rings is 1. The molecule has 1 rings (SSSR count). The van der Waals surface area contributed by atoms with Crippen molar-refractivity contribution in [2.24, 2.45) is 0 Å².